The first-order chi connectivity index (χ1) is 16.5. The number of carbonyl (C=O) groups excluding carboxylic acids is 2. The zero-order chi connectivity index (χ0) is 25.5. The summed E-state index contributed by atoms with van der Waals surface area (Å²) in [4.78, 5) is 25.9. The van der Waals surface area contributed by atoms with Crippen LogP contribution >= 0.6 is 69.6 Å². The lowest BCUT2D eigenvalue weighted by Crippen LogP contribution is -2.17. The molecule has 0 aliphatic heterocycles. The van der Waals surface area contributed by atoms with Crippen molar-refractivity contribution in [2.45, 2.75) is 16.7 Å². The molecule has 178 valence electrons. The van der Waals surface area contributed by atoms with E-state index < -0.39 is 22.1 Å². The first-order valence-corrected chi connectivity index (χ1v) is 12.4. The van der Waals surface area contributed by atoms with Gasteiger partial charge in [-0.2, -0.15) is 5.26 Å². The quantitative estimate of drug-likeness (QED) is 0.234. The van der Waals surface area contributed by atoms with E-state index in [4.69, 9.17) is 74.9 Å². The van der Waals surface area contributed by atoms with Gasteiger partial charge in [0.2, 0.25) is 5.91 Å². The summed E-state index contributed by atoms with van der Waals surface area (Å²) in [5.74, 6) is -1.96. The lowest BCUT2D eigenvalue weighted by Gasteiger charge is -2.10. The normalized spacial score (nSPS) is 18.0. The number of benzene rings is 3. The Kier molecular flexibility index (Phi) is 7.60. The van der Waals surface area contributed by atoms with Gasteiger partial charge in [-0.3, -0.25) is 9.59 Å². The Morgan fingerprint density at radius 3 is 2.23 bits per heavy atom. The number of amides is 1. The topological polar surface area (TPSA) is 70.0 Å². The van der Waals surface area contributed by atoms with Crippen molar-refractivity contribution < 1.29 is 9.59 Å². The molecule has 1 aliphatic rings. The van der Waals surface area contributed by atoms with Crippen LogP contribution in [0.2, 0.25) is 20.1 Å². The molecule has 2 unspecified atom stereocenters. The molecule has 0 heterocycles. The van der Waals surface area contributed by atoms with Gasteiger partial charge >= 0.3 is 0 Å². The third kappa shape index (κ3) is 5.57. The number of hydrogen-bond donors (Lipinski definition) is 1. The molecule has 35 heavy (non-hydrogen) atoms. The second kappa shape index (κ2) is 10.2. The molecule has 4 rings (SSSR count). The fraction of sp³-hybridized carbons (Fsp3) is 0.160. The number of halogens is 6. The smallest absolute Gasteiger partial charge is 0.231 e. The number of alkyl halides is 2. The molecule has 1 aliphatic carbocycles. The van der Waals surface area contributed by atoms with Crippen LogP contribution < -0.4 is 5.32 Å². The molecule has 1 N–H and O–H groups in total. The number of anilines is 1. The SMILES string of the molecule is N#Cc1ccc(CC(=O)c2cc(NC(=O)C3C(c4cc(Cl)cc(Cl)c4)C3(Cl)Cl)ccc2Cl)cc1Cl. The third-order valence-electron chi connectivity index (χ3n) is 5.63. The summed E-state index contributed by atoms with van der Waals surface area (Å²) in [5.41, 5.74) is 2.18. The first-order valence-electron chi connectivity index (χ1n) is 10.2. The maximum absolute atomic E-state index is 13.0. The summed E-state index contributed by atoms with van der Waals surface area (Å²) >= 11 is 37.3. The molecule has 0 saturated heterocycles. The van der Waals surface area contributed by atoms with Crippen molar-refractivity contribution in [2.75, 3.05) is 5.32 Å². The molecule has 0 aromatic heterocycles. The zero-order valence-electron chi connectivity index (χ0n) is 17.6. The number of nitriles is 1. The van der Waals surface area contributed by atoms with Crippen molar-refractivity contribution in [1.82, 2.24) is 0 Å². The summed E-state index contributed by atoms with van der Waals surface area (Å²) < 4.78 is -1.34. The summed E-state index contributed by atoms with van der Waals surface area (Å²) in [6.07, 6.45) is 0.00917. The summed E-state index contributed by atoms with van der Waals surface area (Å²) in [5, 5.41) is 13.1. The molecule has 0 radical (unpaired) electrons. The fourth-order valence-electron chi connectivity index (χ4n) is 3.90. The van der Waals surface area contributed by atoms with Gasteiger partial charge in [0.15, 0.2) is 5.78 Å². The van der Waals surface area contributed by atoms with Gasteiger partial charge in [0, 0.05) is 33.6 Å². The van der Waals surface area contributed by atoms with E-state index in [1.807, 2.05) is 6.07 Å². The highest BCUT2D eigenvalue weighted by Crippen LogP contribution is 2.65. The number of nitrogens with zero attached hydrogens (tertiary/aromatic N) is 1. The number of rotatable bonds is 6. The minimum Gasteiger partial charge on any atom is -0.326 e. The summed E-state index contributed by atoms with van der Waals surface area (Å²) in [7, 11) is 0. The lowest BCUT2D eigenvalue weighted by molar-refractivity contribution is -0.117. The molecule has 4 nitrogen and oxygen atoms in total. The number of nitrogens with one attached hydrogen (secondary N) is 1. The van der Waals surface area contributed by atoms with E-state index in [2.05, 4.69) is 5.32 Å². The van der Waals surface area contributed by atoms with E-state index in [1.165, 1.54) is 12.1 Å². The van der Waals surface area contributed by atoms with Gasteiger partial charge in [-0.15, -0.1) is 23.2 Å². The van der Waals surface area contributed by atoms with Gasteiger partial charge < -0.3 is 5.32 Å². The average Bonchev–Trinajstić information content (AvgIpc) is 3.36. The molecule has 2 atom stereocenters. The average molecular weight is 587 g/mol. The van der Waals surface area contributed by atoms with E-state index >= 15 is 0 Å². The molecule has 3 aromatic carbocycles. The van der Waals surface area contributed by atoms with Crippen LogP contribution in [0.15, 0.2) is 54.6 Å². The van der Waals surface area contributed by atoms with Crippen LogP contribution in [0, 0.1) is 17.2 Å². The standard InChI is InChI=1S/C25H14Cl6N2O2/c26-15-7-14(8-16(27)9-15)22-23(25(22,30)31)24(35)33-17-3-4-19(28)18(10-17)21(34)6-12-1-2-13(11-32)20(29)5-12/h1-5,7-10,22-23H,6H2,(H,33,35). The van der Waals surface area contributed by atoms with E-state index in [-0.39, 0.29) is 27.8 Å². The third-order valence-corrected chi connectivity index (χ3v) is 7.65. The van der Waals surface area contributed by atoms with Gasteiger partial charge in [-0.05, 0) is 59.7 Å². The maximum Gasteiger partial charge on any atom is 0.231 e. The molecule has 1 saturated carbocycles. The monoisotopic (exact) mass is 584 g/mol. The highest BCUT2D eigenvalue weighted by atomic mass is 35.5. The van der Waals surface area contributed by atoms with Crippen LogP contribution in [0.4, 0.5) is 5.69 Å². The van der Waals surface area contributed by atoms with Crippen molar-refractivity contribution in [2.24, 2.45) is 5.92 Å². The largest absolute Gasteiger partial charge is 0.326 e. The number of hydrogen-bond acceptors (Lipinski definition) is 3. The highest BCUT2D eigenvalue weighted by Gasteiger charge is 2.67. The van der Waals surface area contributed by atoms with Crippen LogP contribution in [-0.4, -0.2) is 16.0 Å². The highest BCUT2D eigenvalue weighted by molar-refractivity contribution is 6.53. The van der Waals surface area contributed by atoms with Gasteiger partial charge in [-0.1, -0.05) is 52.5 Å². The molecule has 10 heteroatoms. The predicted molar refractivity (Wildman–Crippen MR) is 141 cm³/mol. The Hall–Kier alpha value is -1.97. The molecular formula is C25H14Cl6N2O2. The van der Waals surface area contributed by atoms with Crippen molar-refractivity contribution in [3.8, 4) is 6.07 Å². The van der Waals surface area contributed by atoms with Crippen molar-refractivity contribution >= 4 is 87.0 Å². The van der Waals surface area contributed by atoms with Gasteiger partial charge in [-0.25, -0.2) is 0 Å². The number of Topliss-reactive ketones (excluding diaryl/α,β-unsaturated/α-hetero) is 1. The second-order valence-corrected chi connectivity index (χ2v) is 11.2. The van der Waals surface area contributed by atoms with E-state index in [1.54, 1.807) is 42.5 Å². The minimum atomic E-state index is -1.34. The van der Waals surface area contributed by atoms with Crippen molar-refractivity contribution in [3.05, 3.63) is 96.9 Å². The number of ketones is 1. The van der Waals surface area contributed by atoms with Crippen LogP contribution in [0.1, 0.15) is 33.0 Å². The van der Waals surface area contributed by atoms with E-state index in [0.717, 1.165) is 0 Å². The predicted octanol–water partition coefficient (Wildman–Crippen LogP) is 8.12. The Morgan fingerprint density at radius 2 is 1.60 bits per heavy atom. The van der Waals surface area contributed by atoms with E-state index in [0.29, 0.717) is 32.4 Å². The Balaban J connectivity index is 1.51. The van der Waals surface area contributed by atoms with Crippen LogP contribution in [-0.2, 0) is 11.2 Å². The molecule has 3 aromatic rings. The Labute approximate surface area is 231 Å². The minimum absolute atomic E-state index is 0.00917. The van der Waals surface area contributed by atoms with E-state index in [9.17, 15) is 9.59 Å². The molecule has 0 bridgehead atoms. The Bertz CT molecular complexity index is 1380. The second-order valence-electron chi connectivity index (χ2n) is 8.04. The van der Waals surface area contributed by atoms with Crippen LogP contribution in [0.25, 0.3) is 0 Å². The first kappa shape index (κ1) is 26.1. The summed E-state index contributed by atoms with van der Waals surface area (Å²) in [6.45, 7) is 0. The molecular weight excluding hydrogens is 573 g/mol. The molecule has 1 fully saturated rings. The molecule has 0 spiro atoms. The van der Waals surface area contributed by atoms with Gasteiger partial charge in [0.1, 0.15) is 10.4 Å². The van der Waals surface area contributed by atoms with Gasteiger partial charge in [0.25, 0.3) is 0 Å². The number of carbonyl (C=O) groups is 2. The maximum atomic E-state index is 13.0. The van der Waals surface area contributed by atoms with Crippen LogP contribution in [0.5, 0.6) is 0 Å². The van der Waals surface area contributed by atoms with Gasteiger partial charge in [0.05, 0.1) is 21.5 Å². The summed E-state index contributed by atoms with van der Waals surface area (Å²) in [6, 6.07) is 16.2. The fourth-order valence-corrected chi connectivity index (χ4v) is 5.74. The van der Waals surface area contributed by atoms with Crippen molar-refractivity contribution in [1.29, 1.82) is 5.26 Å². The zero-order valence-corrected chi connectivity index (χ0v) is 22.1. The van der Waals surface area contributed by atoms with Crippen LogP contribution in [0.3, 0.4) is 0 Å². The Morgan fingerprint density at radius 1 is 0.914 bits per heavy atom. The molecule has 1 amide bonds. The lowest BCUT2D eigenvalue weighted by atomic mass is 10.0. The van der Waals surface area contributed by atoms with Crippen molar-refractivity contribution in [3.63, 3.8) is 0 Å².